The van der Waals surface area contributed by atoms with Gasteiger partial charge in [0.1, 0.15) is 0 Å². The van der Waals surface area contributed by atoms with Crippen LogP contribution in [0.2, 0.25) is 0 Å². The van der Waals surface area contributed by atoms with E-state index in [0.717, 1.165) is 13.2 Å². The molecule has 0 aromatic heterocycles. The summed E-state index contributed by atoms with van der Waals surface area (Å²) in [6.45, 7) is 9.10. The van der Waals surface area contributed by atoms with E-state index in [0.29, 0.717) is 36.4 Å². The molecule has 4 aliphatic rings. The third-order valence-electron chi connectivity index (χ3n) is 6.02. The summed E-state index contributed by atoms with van der Waals surface area (Å²) < 4.78 is 11.4. The number of hydrogen-bond donors (Lipinski definition) is 0. The summed E-state index contributed by atoms with van der Waals surface area (Å²) >= 11 is 0. The van der Waals surface area contributed by atoms with Gasteiger partial charge in [0.25, 0.3) is 0 Å². The Labute approximate surface area is 122 Å². The molecule has 4 heterocycles. The smallest absolute Gasteiger partial charge is 0.0718 e. The van der Waals surface area contributed by atoms with E-state index in [2.05, 4.69) is 23.6 Å². The molecule has 2 unspecified atom stereocenters. The number of morpholine rings is 2. The number of likely N-dealkylation sites (tertiary alicyclic amines) is 2. The van der Waals surface area contributed by atoms with Crippen LogP contribution in [0.3, 0.4) is 0 Å². The van der Waals surface area contributed by atoms with Crippen LogP contribution in [-0.2, 0) is 9.47 Å². The Balaban J connectivity index is 1.25. The van der Waals surface area contributed by atoms with Crippen LogP contribution in [0, 0.1) is 0 Å². The first-order valence-corrected chi connectivity index (χ1v) is 8.45. The monoisotopic (exact) mass is 280 g/mol. The highest BCUT2D eigenvalue weighted by molar-refractivity contribution is 4.96. The zero-order chi connectivity index (χ0) is 13.7. The van der Waals surface area contributed by atoms with Crippen molar-refractivity contribution in [2.45, 2.75) is 75.9 Å². The normalized spacial score (nSPS) is 43.5. The van der Waals surface area contributed by atoms with Gasteiger partial charge in [-0.15, -0.1) is 0 Å². The third-order valence-corrected chi connectivity index (χ3v) is 6.02. The minimum absolute atomic E-state index is 0.534. The van der Waals surface area contributed by atoms with Crippen LogP contribution in [0.15, 0.2) is 0 Å². The molecule has 4 heteroatoms. The second-order valence-electron chi connectivity index (χ2n) is 7.36. The third kappa shape index (κ3) is 2.31. The molecule has 0 aliphatic carbocycles. The minimum Gasteiger partial charge on any atom is -0.375 e. The van der Waals surface area contributed by atoms with Crippen LogP contribution >= 0.6 is 0 Å². The Kier molecular flexibility index (Phi) is 3.53. The summed E-state index contributed by atoms with van der Waals surface area (Å²) in [6.07, 6.45) is 6.25. The van der Waals surface area contributed by atoms with E-state index in [9.17, 15) is 0 Å². The lowest BCUT2D eigenvalue weighted by atomic mass is 10.0. The summed E-state index contributed by atoms with van der Waals surface area (Å²) in [5.74, 6) is 0. The summed E-state index contributed by atoms with van der Waals surface area (Å²) in [5, 5.41) is 0. The Morgan fingerprint density at radius 2 is 1.30 bits per heavy atom. The highest BCUT2D eigenvalue weighted by Crippen LogP contribution is 2.33. The molecule has 4 saturated heterocycles. The van der Waals surface area contributed by atoms with Crippen molar-refractivity contribution >= 4 is 0 Å². The van der Waals surface area contributed by atoms with E-state index in [1.165, 1.54) is 38.8 Å². The van der Waals surface area contributed by atoms with Gasteiger partial charge in [-0.1, -0.05) is 0 Å². The van der Waals surface area contributed by atoms with Crippen molar-refractivity contribution in [1.29, 1.82) is 0 Å². The van der Waals surface area contributed by atoms with Crippen LogP contribution in [0.25, 0.3) is 0 Å². The van der Waals surface area contributed by atoms with E-state index < -0.39 is 0 Å². The predicted octanol–water partition coefficient (Wildman–Crippen LogP) is 1.49. The molecule has 0 amide bonds. The molecule has 4 aliphatic heterocycles. The molecule has 0 radical (unpaired) electrons. The van der Waals surface area contributed by atoms with Crippen LogP contribution in [0.4, 0.5) is 0 Å². The zero-order valence-electron chi connectivity index (χ0n) is 12.8. The lowest BCUT2D eigenvalue weighted by Gasteiger charge is -2.36. The van der Waals surface area contributed by atoms with Crippen molar-refractivity contribution in [3.8, 4) is 0 Å². The molecule has 4 bridgehead atoms. The van der Waals surface area contributed by atoms with E-state index in [4.69, 9.17) is 9.47 Å². The Bertz CT molecular complexity index is 330. The number of rotatable bonds is 5. The number of nitrogens with zero attached hydrogens (tertiary/aromatic N) is 2. The summed E-state index contributed by atoms with van der Waals surface area (Å²) in [5.41, 5.74) is 0. The topological polar surface area (TPSA) is 24.9 Å². The fourth-order valence-electron chi connectivity index (χ4n) is 4.75. The summed E-state index contributed by atoms with van der Waals surface area (Å²) in [4.78, 5) is 5.39. The average molecular weight is 280 g/mol. The first-order chi connectivity index (χ1) is 9.70. The van der Waals surface area contributed by atoms with E-state index in [1.54, 1.807) is 0 Å². The van der Waals surface area contributed by atoms with Crippen molar-refractivity contribution in [2.75, 3.05) is 26.3 Å². The quantitative estimate of drug-likeness (QED) is 0.762. The number of hydrogen-bond acceptors (Lipinski definition) is 4. The molecule has 4 nitrogen and oxygen atoms in total. The van der Waals surface area contributed by atoms with Gasteiger partial charge in [0, 0.05) is 37.3 Å². The van der Waals surface area contributed by atoms with Crippen LogP contribution in [-0.4, -0.2) is 72.5 Å². The highest BCUT2D eigenvalue weighted by Gasteiger charge is 2.42. The maximum absolute atomic E-state index is 5.71. The van der Waals surface area contributed by atoms with Crippen molar-refractivity contribution in [3.63, 3.8) is 0 Å². The molecule has 0 aromatic rings. The van der Waals surface area contributed by atoms with Gasteiger partial charge in [0.05, 0.1) is 25.4 Å². The second kappa shape index (κ2) is 5.24. The van der Waals surface area contributed by atoms with Gasteiger partial charge in [0.2, 0.25) is 0 Å². The molecular weight excluding hydrogens is 252 g/mol. The average Bonchev–Trinajstić information content (AvgIpc) is 3.22. The van der Waals surface area contributed by atoms with Crippen molar-refractivity contribution in [3.05, 3.63) is 0 Å². The molecule has 0 saturated carbocycles. The van der Waals surface area contributed by atoms with E-state index >= 15 is 0 Å². The summed E-state index contributed by atoms with van der Waals surface area (Å²) in [7, 11) is 0. The molecule has 114 valence electrons. The van der Waals surface area contributed by atoms with Gasteiger partial charge in [0.15, 0.2) is 0 Å². The van der Waals surface area contributed by atoms with E-state index in [-0.39, 0.29) is 0 Å². The lowest BCUT2D eigenvalue weighted by Crippen LogP contribution is -2.45. The van der Waals surface area contributed by atoms with Gasteiger partial charge < -0.3 is 9.47 Å². The van der Waals surface area contributed by atoms with Gasteiger partial charge in [-0.2, -0.15) is 0 Å². The second-order valence-corrected chi connectivity index (χ2v) is 7.36. The molecule has 4 rings (SSSR count). The summed E-state index contributed by atoms with van der Waals surface area (Å²) in [6, 6.07) is 2.85. The first kappa shape index (κ1) is 13.5. The Morgan fingerprint density at radius 1 is 0.850 bits per heavy atom. The lowest BCUT2D eigenvalue weighted by molar-refractivity contribution is 0.00248. The van der Waals surface area contributed by atoms with Crippen LogP contribution in [0.1, 0.15) is 39.5 Å². The first-order valence-electron chi connectivity index (χ1n) is 8.45. The van der Waals surface area contributed by atoms with E-state index in [1.807, 2.05) is 0 Å². The Morgan fingerprint density at radius 3 is 1.60 bits per heavy atom. The molecule has 0 spiro atoms. The number of fused-ring (bicyclic) bond motifs is 4. The maximum atomic E-state index is 5.71. The van der Waals surface area contributed by atoms with Crippen LogP contribution < -0.4 is 0 Å². The van der Waals surface area contributed by atoms with Gasteiger partial charge in [-0.25, -0.2) is 0 Å². The standard InChI is InChI=1S/C16H28N2O2/c1-11(17-7-15-5-13(17)9-19-15)3-4-12(2)18-8-16-6-14(18)10-20-16/h11-16H,3-10H2,1-2H3/t11?,12?,13-,14+,15-,16+. The maximum Gasteiger partial charge on any atom is 0.0718 e. The molecule has 6 atom stereocenters. The Hall–Kier alpha value is -0.160. The molecule has 0 N–H and O–H groups in total. The van der Waals surface area contributed by atoms with Gasteiger partial charge in [-0.05, 0) is 39.5 Å². The number of ether oxygens (including phenoxy) is 2. The highest BCUT2D eigenvalue weighted by atomic mass is 16.5. The molecule has 4 fully saturated rings. The van der Waals surface area contributed by atoms with Gasteiger partial charge in [-0.3, -0.25) is 9.80 Å². The van der Waals surface area contributed by atoms with Gasteiger partial charge >= 0.3 is 0 Å². The molecule has 0 aromatic carbocycles. The fraction of sp³-hybridized carbons (Fsp3) is 1.00. The van der Waals surface area contributed by atoms with Crippen LogP contribution in [0.5, 0.6) is 0 Å². The molecule has 20 heavy (non-hydrogen) atoms. The minimum atomic E-state index is 0.534. The predicted molar refractivity (Wildman–Crippen MR) is 77.9 cm³/mol. The SMILES string of the molecule is CC(CCC(C)N1C[C@H]2C[C@@H]1CO2)N1C[C@@H]2C[C@H]1CO2. The van der Waals surface area contributed by atoms with Crippen molar-refractivity contribution in [2.24, 2.45) is 0 Å². The van der Waals surface area contributed by atoms with Crippen molar-refractivity contribution in [1.82, 2.24) is 9.80 Å². The fourth-order valence-corrected chi connectivity index (χ4v) is 4.75. The largest absolute Gasteiger partial charge is 0.375 e. The molecular formula is C16H28N2O2. The zero-order valence-corrected chi connectivity index (χ0v) is 12.8. The van der Waals surface area contributed by atoms with Crippen molar-refractivity contribution < 1.29 is 9.47 Å².